The van der Waals surface area contributed by atoms with Crippen molar-refractivity contribution in [1.29, 1.82) is 0 Å². The third kappa shape index (κ3) is 5.81. The van der Waals surface area contributed by atoms with E-state index in [1.54, 1.807) is 30.3 Å². The van der Waals surface area contributed by atoms with Crippen LogP contribution in [0.15, 0.2) is 83.5 Å². The van der Waals surface area contributed by atoms with E-state index in [2.05, 4.69) is 10.6 Å². The van der Waals surface area contributed by atoms with Crippen LogP contribution in [0.2, 0.25) is 0 Å². The fraction of sp³-hybridized carbons (Fsp3) is 0.174. The molecule has 0 aliphatic heterocycles. The second-order valence-electron chi connectivity index (χ2n) is 6.63. The average molecular weight is 406 g/mol. The van der Waals surface area contributed by atoms with Crippen LogP contribution in [0.4, 0.5) is 5.69 Å². The number of para-hydroxylation sites is 1. The Kier molecular flexibility index (Phi) is 7.00. The third-order valence-electron chi connectivity index (χ3n) is 4.32. The summed E-state index contributed by atoms with van der Waals surface area (Å²) in [5.41, 5.74) is 1.43. The van der Waals surface area contributed by atoms with Gasteiger partial charge in [0.1, 0.15) is 6.04 Å². The first kappa shape index (κ1) is 20.9. The lowest BCUT2D eigenvalue weighted by Gasteiger charge is -2.20. The summed E-state index contributed by atoms with van der Waals surface area (Å²) in [5, 5.41) is 5.30. The molecule has 154 valence electrons. The summed E-state index contributed by atoms with van der Waals surface area (Å²) in [4.78, 5) is 37.5. The Labute approximate surface area is 174 Å². The zero-order valence-corrected chi connectivity index (χ0v) is 16.4. The highest BCUT2D eigenvalue weighted by Gasteiger charge is 2.28. The van der Waals surface area contributed by atoms with E-state index >= 15 is 0 Å². The summed E-state index contributed by atoms with van der Waals surface area (Å²) in [5.74, 6) is -1.64. The molecule has 0 fully saturated rings. The number of esters is 1. The number of hydrogen-bond donors (Lipinski definition) is 2. The smallest absolute Gasteiger partial charge is 0.329 e. The Bertz CT molecular complexity index is 971. The number of carbonyl (C=O) groups excluding carboxylic acids is 3. The third-order valence-corrected chi connectivity index (χ3v) is 4.32. The standard InChI is InChI=1S/C23H22N2O5/c1-16(21(26)24-18-11-6-3-7-12-18)30-23(28)19(15-17-9-4-2-5-10-17)25-22(27)20-13-8-14-29-20/h2-14,16,19H,15H2,1H3,(H,24,26)(H,25,27)/t16-,19-/m0/s1. The predicted molar refractivity (Wildman–Crippen MR) is 111 cm³/mol. The molecule has 0 aliphatic rings. The lowest BCUT2D eigenvalue weighted by molar-refractivity contribution is -0.155. The SMILES string of the molecule is C[C@H](OC(=O)[C@H](Cc1ccccc1)NC(=O)c1ccco1)C(=O)Nc1ccccc1. The quantitative estimate of drug-likeness (QED) is 0.560. The Morgan fingerprint density at radius 1 is 0.933 bits per heavy atom. The van der Waals surface area contributed by atoms with Gasteiger partial charge in [-0.1, -0.05) is 48.5 Å². The van der Waals surface area contributed by atoms with Crippen molar-refractivity contribution in [1.82, 2.24) is 5.32 Å². The van der Waals surface area contributed by atoms with Crippen molar-refractivity contribution in [2.75, 3.05) is 5.32 Å². The topological polar surface area (TPSA) is 97.6 Å². The molecule has 2 amide bonds. The number of amides is 2. The minimum Gasteiger partial charge on any atom is -0.459 e. The molecule has 30 heavy (non-hydrogen) atoms. The molecule has 1 heterocycles. The van der Waals surface area contributed by atoms with Gasteiger partial charge in [-0.15, -0.1) is 0 Å². The van der Waals surface area contributed by atoms with Crippen LogP contribution >= 0.6 is 0 Å². The highest BCUT2D eigenvalue weighted by Crippen LogP contribution is 2.10. The molecule has 0 aliphatic carbocycles. The van der Waals surface area contributed by atoms with E-state index in [0.29, 0.717) is 5.69 Å². The molecule has 0 saturated heterocycles. The lowest BCUT2D eigenvalue weighted by atomic mass is 10.1. The number of furan rings is 1. The molecule has 7 nitrogen and oxygen atoms in total. The first-order valence-electron chi connectivity index (χ1n) is 9.47. The number of nitrogens with one attached hydrogen (secondary N) is 2. The van der Waals surface area contributed by atoms with Crippen LogP contribution in [0, 0.1) is 0 Å². The summed E-state index contributed by atoms with van der Waals surface area (Å²) < 4.78 is 10.4. The van der Waals surface area contributed by atoms with Crippen LogP contribution in [0.3, 0.4) is 0 Å². The van der Waals surface area contributed by atoms with Crippen molar-refractivity contribution in [2.45, 2.75) is 25.5 Å². The van der Waals surface area contributed by atoms with Crippen molar-refractivity contribution < 1.29 is 23.5 Å². The summed E-state index contributed by atoms with van der Waals surface area (Å²) in [7, 11) is 0. The molecule has 0 spiro atoms. The second kappa shape index (κ2) is 10.1. The number of ether oxygens (including phenoxy) is 1. The number of carbonyl (C=O) groups is 3. The van der Waals surface area contributed by atoms with E-state index in [-0.39, 0.29) is 12.2 Å². The number of hydrogen-bond acceptors (Lipinski definition) is 5. The molecular formula is C23H22N2O5. The van der Waals surface area contributed by atoms with Gasteiger partial charge in [-0.05, 0) is 36.8 Å². The molecule has 2 aromatic carbocycles. The maximum atomic E-state index is 12.8. The van der Waals surface area contributed by atoms with Gasteiger partial charge in [0.05, 0.1) is 6.26 Å². The van der Waals surface area contributed by atoms with Crippen LogP contribution in [-0.4, -0.2) is 29.9 Å². The molecular weight excluding hydrogens is 384 g/mol. The van der Waals surface area contributed by atoms with Crippen molar-refractivity contribution in [3.05, 3.63) is 90.4 Å². The van der Waals surface area contributed by atoms with Gasteiger partial charge in [-0.2, -0.15) is 0 Å². The van der Waals surface area contributed by atoms with E-state index in [1.165, 1.54) is 19.3 Å². The first-order valence-corrected chi connectivity index (χ1v) is 9.47. The zero-order chi connectivity index (χ0) is 21.3. The Morgan fingerprint density at radius 2 is 1.60 bits per heavy atom. The number of benzene rings is 2. The van der Waals surface area contributed by atoms with Gasteiger partial charge < -0.3 is 19.8 Å². The van der Waals surface area contributed by atoms with Crippen molar-refractivity contribution in [3.63, 3.8) is 0 Å². The maximum Gasteiger partial charge on any atom is 0.329 e. The van der Waals surface area contributed by atoms with Gasteiger partial charge >= 0.3 is 5.97 Å². The second-order valence-corrected chi connectivity index (χ2v) is 6.63. The Hall–Kier alpha value is -3.87. The van der Waals surface area contributed by atoms with Gasteiger partial charge in [0.2, 0.25) is 0 Å². The summed E-state index contributed by atoms with van der Waals surface area (Å²) in [6.07, 6.45) is 0.533. The van der Waals surface area contributed by atoms with E-state index in [0.717, 1.165) is 5.56 Å². The summed E-state index contributed by atoms with van der Waals surface area (Å²) >= 11 is 0. The molecule has 0 bridgehead atoms. The fourth-order valence-electron chi connectivity index (χ4n) is 2.76. The highest BCUT2D eigenvalue weighted by molar-refractivity contribution is 5.97. The summed E-state index contributed by atoms with van der Waals surface area (Å²) in [6.45, 7) is 1.48. The molecule has 7 heteroatoms. The largest absolute Gasteiger partial charge is 0.459 e. The molecule has 0 radical (unpaired) electrons. The van der Waals surface area contributed by atoms with Gasteiger partial charge in [-0.3, -0.25) is 9.59 Å². The number of anilines is 1. The van der Waals surface area contributed by atoms with Crippen molar-refractivity contribution >= 4 is 23.5 Å². The van der Waals surface area contributed by atoms with Gasteiger partial charge in [0.15, 0.2) is 11.9 Å². The molecule has 0 saturated carbocycles. The Morgan fingerprint density at radius 3 is 2.23 bits per heavy atom. The molecule has 2 N–H and O–H groups in total. The number of rotatable bonds is 8. The van der Waals surface area contributed by atoms with Gasteiger partial charge in [0, 0.05) is 12.1 Å². The van der Waals surface area contributed by atoms with Gasteiger partial charge in [0.25, 0.3) is 11.8 Å². The lowest BCUT2D eigenvalue weighted by Crippen LogP contribution is -2.45. The Balaban J connectivity index is 1.67. The van der Waals surface area contributed by atoms with Crippen LogP contribution in [0.25, 0.3) is 0 Å². The predicted octanol–water partition coefficient (Wildman–Crippen LogP) is 3.19. The van der Waals surface area contributed by atoms with E-state index in [1.807, 2.05) is 36.4 Å². The van der Waals surface area contributed by atoms with Gasteiger partial charge in [-0.25, -0.2) is 4.79 Å². The van der Waals surface area contributed by atoms with Crippen LogP contribution in [-0.2, 0) is 20.7 Å². The maximum absolute atomic E-state index is 12.8. The normalized spacial score (nSPS) is 12.4. The van der Waals surface area contributed by atoms with Crippen LogP contribution < -0.4 is 10.6 Å². The molecule has 3 rings (SSSR count). The minimum absolute atomic E-state index is 0.0794. The van der Waals surface area contributed by atoms with E-state index < -0.39 is 29.9 Å². The minimum atomic E-state index is -1.04. The first-order chi connectivity index (χ1) is 14.5. The van der Waals surface area contributed by atoms with Crippen molar-refractivity contribution in [2.24, 2.45) is 0 Å². The van der Waals surface area contributed by atoms with E-state index in [4.69, 9.17) is 9.15 Å². The zero-order valence-electron chi connectivity index (χ0n) is 16.4. The van der Waals surface area contributed by atoms with Crippen LogP contribution in [0.1, 0.15) is 23.0 Å². The van der Waals surface area contributed by atoms with Crippen molar-refractivity contribution in [3.8, 4) is 0 Å². The van der Waals surface area contributed by atoms with E-state index in [9.17, 15) is 14.4 Å². The fourth-order valence-corrected chi connectivity index (χ4v) is 2.76. The monoisotopic (exact) mass is 406 g/mol. The summed E-state index contributed by atoms with van der Waals surface area (Å²) in [6, 6.07) is 20.1. The molecule has 2 atom stereocenters. The molecule has 3 aromatic rings. The average Bonchev–Trinajstić information content (AvgIpc) is 3.30. The highest BCUT2D eigenvalue weighted by atomic mass is 16.5. The van der Waals surface area contributed by atoms with Crippen LogP contribution in [0.5, 0.6) is 0 Å². The molecule has 1 aromatic heterocycles. The molecule has 0 unspecified atom stereocenters.